The molecule has 0 aliphatic heterocycles. The summed E-state index contributed by atoms with van der Waals surface area (Å²) in [6.45, 7) is 8.71. The van der Waals surface area contributed by atoms with Gasteiger partial charge >= 0.3 is 6.03 Å². The van der Waals surface area contributed by atoms with Gasteiger partial charge in [0.05, 0.1) is 17.8 Å². The van der Waals surface area contributed by atoms with E-state index in [1.165, 1.54) is 0 Å². The maximum Gasteiger partial charge on any atom is 0.317 e. The summed E-state index contributed by atoms with van der Waals surface area (Å²) in [5, 5.41) is 12.7. The number of rotatable bonds is 6. The number of amides is 2. The van der Waals surface area contributed by atoms with Crippen molar-refractivity contribution >= 4 is 11.7 Å². The Morgan fingerprint density at radius 1 is 1.48 bits per heavy atom. The van der Waals surface area contributed by atoms with Gasteiger partial charge in [-0.15, -0.1) is 0 Å². The van der Waals surface area contributed by atoms with Crippen molar-refractivity contribution in [2.24, 2.45) is 0 Å². The Bertz CT molecular complexity index is 673. The van der Waals surface area contributed by atoms with Gasteiger partial charge in [-0.1, -0.05) is 6.07 Å². The third kappa shape index (κ3) is 4.69. The van der Waals surface area contributed by atoms with Crippen molar-refractivity contribution in [1.82, 2.24) is 19.6 Å². The molecule has 2 amide bonds. The molecule has 0 aliphatic carbocycles. The zero-order chi connectivity index (χ0) is 17.0. The molecule has 2 aromatic heterocycles. The number of nitrogens with zero attached hydrogens (tertiary/aromatic N) is 3. The van der Waals surface area contributed by atoms with E-state index in [-0.39, 0.29) is 6.03 Å². The highest BCUT2D eigenvalue weighted by Crippen LogP contribution is 2.10. The van der Waals surface area contributed by atoms with E-state index in [9.17, 15) is 9.90 Å². The SMILES string of the molecule is CCN(CC(C)(C)O)C(=O)NCCc1cn2cccc(C)c2n1. The van der Waals surface area contributed by atoms with Gasteiger partial charge in [0, 0.05) is 31.9 Å². The van der Waals surface area contributed by atoms with Crippen LogP contribution in [0.5, 0.6) is 0 Å². The average Bonchev–Trinajstić information content (AvgIpc) is 2.88. The summed E-state index contributed by atoms with van der Waals surface area (Å²) in [6.07, 6.45) is 4.63. The van der Waals surface area contributed by atoms with Gasteiger partial charge in [0.15, 0.2) is 0 Å². The van der Waals surface area contributed by atoms with Gasteiger partial charge in [0.1, 0.15) is 5.65 Å². The lowest BCUT2D eigenvalue weighted by molar-refractivity contribution is 0.0480. The van der Waals surface area contributed by atoms with E-state index in [2.05, 4.69) is 10.3 Å². The van der Waals surface area contributed by atoms with Crippen LogP contribution in [0.3, 0.4) is 0 Å². The topological polar surface area (TPSA) is 69.9 Å². The lowest BCUT2D eigenvalue weighted by Gasteiger charge is -2.28. The summed E-state index contributed by atoms with van der Waals surface area (Å²) >= 11 is 0. The first-order valence-electron chi connectivity index (χ1n) is 7.98. The average molecular weight is 318 g/mol. The number of carbonyl (C=O) groups is 1. The third-order valence-corrected chi connectivity index (χ3v) is 3.63. The fourth-order valence-electron chi connectivity index (χ4n) is 2.53. The molecule has 2 N–H and O–H groups in total. The molecule has 2 heterocycles. The molecule has 6 heteroatoms. The van der Waals surface area contributed by atoms with Crippen LogP contribution in [0.25, 0.3) is 5.65 Å². The number of hydrogen-bond donors (Lipinski definition) is 2. The normalized spacial score (nSPS) is 11.7. The third-order valence-electron chi connectivity index (χ3n) is 3.63. The van der Waals surface area contributed by atoms with Crippen LogP contribution in [0.2, 0.25) is 0 Å². The smallest absolute Gasteiger partial charge is 0.317 e. The van der Waals surface area contributed by atoms with E-state index in [0.29, 0.717) is 26.1 Å². The van der Waals surface area contributed by atoms with Crippen LogP contribution in [0, 0.1) is 6.92 Å². The lowest BCUT2D eigenvalue weighted by atomic mass is 10.1. The molecule has 0 aromatic carbocycles. The van der Waals surface area contributed by atoms with E-state index in [4.69, 9.17) is 0 Å². The van der Waals surface area contributed by atoms with E-state index in [1.54, 1.807) is 18.7 Å². The first kappa shape index (κ1) is 17.3. The minimum absolute atomic E-state index is 0.158. The molecule has 23 heavy (non-hydrogen) atoms. The van der Waals surface area contributed by atoms with Crippen molar-refractivity contribution in [1.29, 1.82) is 0 Å². The van der Waals surface area contributed by atoms with E-state index >= 15 is 0 Å². The number of urea groups is 1. The monoisotopic (exact) mass is 318 g/mol. The second-order valence-electron chi connectivity index (χ2n) is 6.46. The molecule has 0 fully saturated rings. The van der Waals surface area contributed by atoms with Gasteiger partial charge in [0.2, 0.25) is 0 Å². The number of aryl methyl sites for hydroxylation is 1. The van der Waals surface area contributed by atoms with Gasteiger partial charge < -0.3 is 19.7 Å². The number of aliphatic hydroxyl groups is 1. The fourth-order valence-corrected chi connectivity index (χ4v) is 2.53. The summed E-state index contributed by atoms with van der Waals surface area (Å²) in [7, 11) is 0. The van der Waals surface area contributed by atoms with Crippen LogP contribution in [-0.4, -0.2) is 50.7 Å². The maximum absolute atomic E-state index is 12.1. The Hall–Kier alpha value is -2.08. The predicted octanol–water partition coefficient (Wildman–Crippen LogP) is 1.99. The maximum atomic E-state index is 12.1. The van der Waals surface area contributed by atoms with Crippen LogP contribution < -0.4 is 5.32 Å². The van der Waals surface area contributed by atoms with E-state index < -0.39 is 5.60 Å². The van der Waals surface area contributed by atoms with Crippen LogP contribution in [-0.2, 0) is 6.42 Å². The Morgan fingerprint density at radius 3 is 2.83 bits per heavy atom. The lowest BCUT2D eigenvalue weighted by Crippen LogP contribution is -2.47. The summed E-state index contributed by atoms with van der Waals surface area (Å²) in [5.74, 6) is 0. The highest BCUT2D eigenvalue weighted by molar-refractivity contribution is 5.74. The van der Waals surface area contributed by atoms with Gasteiger partial charge in [-0.05, 0) is 39.3 Å². The molecule has 6 nitrogen and oxygen atoms in total. The zero-order valence-corrected chi connectivity index (χ0v) is 14.3. The van der Waals surface area contributed by atoms with Crippen molar-refractivity contribution in [2.45, 2.75) is 39.7 Å². The standard InChI is InChI=1S/C17H26N4O2/c1-5-20(12-17(3,4)23)16(22)18-9-8-14-11-21-10-6-7-13(2)15(21)19-14/h6-7,10-11,23H,5,8-9,12H2,1-4H3,(H,18,22). The molecule has 0 radical (unpaired) electrons. The highest BCUT2D eigenvalue weighted by atomic mass is 16.3. The highest BCUT2D eigenvalue weighted by Gasteiger charge is 2.20. The fraction of sp³-hybridized carbons (Fsp3) is 0.529. The molecule has 0 saturated heterocycles. The van der Waals surface area contributed by atoms with Crippen LogP contribution >= 0.6 is 0 Å². The summed E-state index contributed by atoms with van der Waals surface area (Å²) in [6, 6.07) is 3.87. The molecule has 126 valence electrons. The number of carbonyl (C=O) groups excluding carboxylic acids is 1. The van der Waals surface area contributed by atoms with Crippen molar-refractivity contribution < 1.29 is 9.90 Å². The molecule has 2 aromatic rings. The summed E-state index contributed by atoms with van der Waals surface area (Å²) in [5.41, 5.74) is 2.13. The van der Waals surface area contributed by atoms with Crippen molar-refractivity contribution in [3.8, 4) is 0 Å². The largest absolute Gasteiger partial charge is 0.389 e. The molecule has 2 rings (SSSR count). The first-order chi connectivity index (χ1) is 10.8. The number of pyridine rings is 1. The number of nitrogens with one attached hydrogen (secondary N) is 1. The Balaban J connectivity index is 1.90. The first-order valence-corrected chi connectivity index (χ1v) is 7.98. The summed E-state index contributed by atoms with van der Waals surface area (Å²) < 4.78 is 2.00. The quantitative estimate of drug-likeness (QED) is 0.856. The number of hydrogen-bond acceptors (Lipinski definition) is 3. The van der Waals surface area contributed by atoms with Crippen molar-refractivity contribution in [3.63, 3.8) is 0 Å². The summed E-state index contributed by atoms with van der Waals surface area (Å²) in [4.78, 5) is 18.3. The molecular formula is C17H26N4O2. The Kier molecular flexibility index (Phi) is 5.26. The van der Waals surface area contributed by atoms with E-state index in [1.807, 2.05) is 42.8 Å². The second kappa shape index (κ2) is 7.00. The molecule has 0 atom stereocenters. The molecule has 0 aliphatic rings. The zero-order valence-electron chi connectivity index (χ0n) is 14.3. The number of imidazole rings is 1. The predicted molar refractivity (Wildman–Crippen MR) is 90.6 cm³/mol. The Labute approximate surface area is 137 Å². The van der Waals surface area contributed by atoms with Crippen LogP contribution in [0.4, 0.5) is 4.79 Å². The van der Waals surface area contributed by atoms with Crippen LogP contribution in [0.1, 0.15) is 32.0 Å². The van der Waals surface area contributed by atoms with Gasteiger partial charge in [0.25, 0.3) is 0 Å². The number of likely N-dealkylation sites (N-methyl/N-ethyl adjacent to an activating group) is 1. The Morgan fingerprint density at radius 2 is 2.22 bits per heavy atom. The number of fused-ring (bicyclic) bond motifs is 1. The van der Waals surface area contributed by atoms with E-state index in [0.717, 1.165) is 16.9 Å². The second-order valence-corrected chi connectivity index (χ2v) is 6.46. The molecule has 0 unspecified atom stereocenters. The van der Waals surface area contributed by atoms with Gasteiger partial charge in [-0.25, -0.2) is 9.78 Å². The molecule has 0 saturated carbocycles. The minimum atomic E-state index is -0.896. The minimum Gasteiger partial charge on any atom is -0.389 e. The molecule has 0 spiro atoms. The van der Waals surface area contributed by atoms with Crippen molar-refractivity contribution in [2.75, 3.05) is 19.6 Å². The van der Waals surface area contributed by atoms with Crippen molar-refractivity contribution in [3.05, 3.63) is 35.8 Å². The number of aromatic nitrogens is 2. The van der Waals surface area contributed by atoms with Gasteiger partial charge in [-0.3, -0.25) is 0 Å². The molecule has 0 bridgehead atoms. The molecular weight excluding hydrogens is 292 g/mol. The van der Waals surface area contributed by atoms with Crippen LogP contribution in [0.15, 0.2) is 24.5 Å². The van der Waals surface area contributed by atoms with Gasteiger partial charge in [-0.2, -0.15) is 0 Å².